The molecule has 0 radical (unpaired) electrons. The van der Waals surface area contributed by atoms with Gasteiger partial charge in [0.2, 0.25) is 0 Å². The van der Waals surface area contributed by atoms with Gasteiger partial charge in [-0.05, 0) is 0 Å². The molecule has 2 aromatic heterocycles. The molecule has 0 atom stereocenters. The summed E-state index contributed by atoms with van der Waals surface area (Å²) in [6.45, 7) is 0.355. The van der Waals surface area contributed by atoms with Gasteiger partial charge in [-0.2, -0.15) is 5.10 Å². The quantitative estimate of drug-likeness (QED) is 0.599. The normalized spacial score (nSPS) is 10.7. The van der Waals surface area contributed by atoms with Crippen molar-refractivity contribution in [1.82, 2.24) is 29.3 Å². The van der Waals surface area contributed by atoms with E-state index in [-0.39, 0.29) is 5.69 Å². The summed E-state index contributed by atoms with van der Waals surface area (Å²) in [5, 5.41) is 11.5. The van der Waals surface area contributed by atoms with Crippen LogP contribution in [0.4, 0.5) is 0 Å². The second-order valence-electron chi connectivity index (χ2n) is 3.07. The van der Waals surface area contributed by atoms with Gasteiger partial charge < -0.3 is 0 Å². The average molecular weight is 194 g/mol. The van der Waals surface area contributed by atoms with E-state index < -0.39 is 0 Å². The molecular weight excluding hydrogens is 184 g/mol. The van der Waals surface area contributed by atoms with Crippen LogP contribution in [0.15, 0.2) is 17.3 Å². The van der Waals surface area contributed by atoms with Gasteiger partial charge >= 0.3 is 5.69 Å². The number of hydrogen-bond donors (Lipinski definition) is 0. The third-order valence-corrected chi connectivity index (χ3v) is 1.85. The highest BCUT2D eigenvalue weighted by Gasteiger charge is 2.04. The molecule has 0 unspecified atom stereocenters. The van der Waals surface area contributed by atoms with E-state index in [0.29, 0.717) is 12.2 Å². The SMILES string of the molecule is Cn1cc(Cn2ncn(C)c2=O)nn1. The van der Waals surface area contributed by atoms with E-state index in [4.69, 9.17) is 0 Å². The van der Waals surface area contributed by atoms with Crippen LogP contribution in [0, 0.1) is 0 Å². The first-order chi connectivity index (χ1) is 6.66. The maximum absolute atomic E-state index is 11.4. The number of nitrogens with zero attached hydrogens (tertiary/aromatic N) is 6. The molecule has 0 spiro atoms. The predicted octanol–water partition coefficient (Wildman–Crippen LogP) is -1.24. The molecule has 2 heterocycles. The Kier molecular flexibility index (Phi) is 1.91. The Hall–Kier alpha value is -1.92. The van der Waals surface area contributed by atoms with Crippen molar-refractivity contribution < 1.29 is 0 Å². The van der Waals surface area contributed by atoms with Gasteiger partial charge in [0.15, 0.2) is 0 Å². The van der Waals surface area contributed by atoms with Crippen molar-refractivity contribution in [3.05, 3.63) is 28.7 Å². The van der Waals surface area contributed by atoms with E-state index in [1.165, 1.54) is 15.6 Å². The maximum Gasteiger partial charge on any atom is 0.345 e. The lowest BCUT2D eigenvalue weighted by Crippen LogP contribution is -2.23. The van der Waals surface area contributed by atoms with Crippen molar-refractivity contribution in [1.29, 1.82) is 0 Å². The maximum atomic E-state index is 11.4. The van der Waals surface area contributed by atoms with Gasteiger partial charge in [0, 0.05) is 14.1 Å². The minimum Gasteiger partial charge on any atom is -0.285 e. The second-order valence-corrected chi connectivity index (χ2v) is 3.07. The summed E-state index contributed by atoms with van der Waals surface area (Å²) < 4.78 is 4.34. The molecule has 0 N–H and O–H groups in total. The Labute approximate surface area is 79.6 Å². The Bertz CT molecular complexity index is 492. The lowest BCUT2D eigenvalue weighted by atomic mass is 10.5. The number of aryl methyl sites for hydroxylation is 2. The minimum atomic E-state index is -0.157. The largest absolute Gasteiger partial charge is 0.345 e. The molecule has 0 amide bonds. The van der Waals surface area contributed by atoms with Crippen LogP contribution in [-0.4, -0.2) is 29.3 Å². The van der Waals surface area contributed by atoms with Crippen LogP contribution in [0.25, 0.3) is 0 Å². The molecule has 2 aromatic rings. The minimum absolute atomic E-state index is 0.157. The van der Waals surface area contributed by atoms with Gasteiger partial charge in [0.05, 0.1) is 12.7 Å². The smallest absolute Gasteiger partial charge is 0.285 e. The first-order valence-corrected chi connectivity index (χ1v) is 4.10. The van der Waals surface area contributed by atoms with Crippen LogP contribution in [0.5, 0.6) is 0 Å². The van der Waals surface area contributed by atoms with Gasteiger partial charge in [-0.1, -0.05) is 5.21 Å². The monoisotopic (exact) mass is 194 g/mol. The molecule has 7 heteroatoms. The highest BCUT2D eigenvalue weighted by Crippen LogP contribution is 1.92. The van der Waals surface area contributed by atoms with Gasteiger partial charge in [-0.25, -0.2) is 9.48 Å². The van der Waals surface area contributed by atoms with E-state index in [0.717, 1.165) is 0 Å². The molecule has 74 valence electrons. The topological polar surface area (TPSA) is 70.5 Å². The van der Waals surface area contributed by atoms with Crippen molar-refractivity contribution in [3.8, 4) is 0 Å². The van der Waals surface area contributed by atoms with Crippen LogP contribution in [0.2, 0.25) is 0 Å². The molecule has 0 aromatic carbocycles. The summed E-state index contributed by atoms with van der Waals surface area (Å²) >= 11 is 0. The first kappa shape index (κ1) is 8.67. The first-order valence-electron chi connectivity index (χ1n) is 4.10. The predicted molar refractivity (Wildman–Crippen MR) is 47.6 cm³/mol. The van der Waals surface area contributed by atoms with Crippen LogP contribution in [0.1, 0.15) is 5.69 Å². The highest BCUT2D eigenvalue weighted by molar-refractivity contribution is 4.92. The summed E-state index contributed by atoms with van der Waals surface area (Å²) in [5.41, 5.74) is 0.559. The molecule has 0 saturated carbocycles. The van der Waals surface area contributed by atoms with Crippen molar-refractivity contribution in [2.75, 3.05) is 0 Å². The molecule has 0 aliphatic rings. The highest BCUT2D eigenvalue weighted by atomic mass is 16.2. The van der Waals surface area contributed by atoms with E-state index in [1.54, 1.807) is 25.0 Å². The van der Waals surface area contributed by atoms with Crippen molar-refractivity contribution >= 4 is 0 Å². The number of aromatic nitrogens is 6. The Balaban J connectivity index is 2.27. The summed E-state index contributed by atoms with van der Waals surface area (Å²) in [6.07, 6.45) is 3.22. The van der Waals surface area contributed by atoms with Crippen molar-refractivity contribution in [3.63, 3.8) is 0 Å². The molecule has 7 nitrogen and oxygen atoms in total. The van der Waals surface area contributed by atoms with Crippen LogP contribution < -0.4 is 5.69 Å². The lowest BCUT2D eigenvalue weighted by Gasteiger charge is -1.92. The fraction of sp³-hybridized carbons (Fsp3) is 0.429. The molecule has 2 rings (SSSR count). The summed E-state index contributed by atoms with van der Waals surface area (Å²) in [5.74, 6) is 0. The molecular formula is C7H10N6O. The number of rotatable bonds is 2. The lowest BCUT2D eigenvalue weighted by molar-refractivity contribution is 0.633. The van der Waals surface area contributed by atoms with Gasteiger partial charge in [-0.15, -0.1) is 5.10 Å². The third-order valence-electron chi connectivity index (χ3n) is 1.85. The van der Waals surface area contributed by atoms with E-state index in [1.807, 2.05) is 0 Å². The second kappa shape index (κ2) is 3.09. The summed E-state index contributed by atoms with van der Waals surface area (Å²) in [7, 11) is 3.43. The Morgan fingerprint density at radius 1 is 1.43 bits per heavy atom. The zero-order chi connectivity index (χ0) is 10.1. The van der Waals surface area contributed by atoms with Crippen molar-refractivity contribution in [2.24, 2.45) is 14.1 Å². The van der Waals surface area contributed by atoms with Crippen LogP contribution in [-0.2, 0) is 20.6 Å². The van der Waals surface area contributed by atoms with Crippen LogP contribution >= 0.6 is 0 Å². The van der Waals surface area contributed by atoms with Gasteiger partial charge in [-0.3, -0.25) is 9.25 Å². The zero-order valence-electron chi connectivity index (χ0n) is 7.95. The standard InChI is InChI=1S/C7H10N6O/c1-11-5-8-13(7(11)14)4-6-3-12(2)10-9-6/h3,5H,4H2,1-2H3. The summed E-state index contributed by atoms with van der Waals surface area (Å²) in [4.78, 5) is 11.4. The molecule has 0 saturated heterocycles. The van der Waals surface area contributed by atoms with E-state index in [9.17, 15) is 4.79 Å². The van der Waals surface area contributed by atoms with Crippen LogP contribution in [0.3, 0.4) is 0 Å². The third kappa shape index (κ3) is 1.43. The molecule has 0 aliphatic carbocycles. The van der Waals surface area contributed by atoms with E-state index >= 15 is 0 Å². The molecule has 0 fully saturated rings. The molecule has 0 aliphatic heterocycles. The van der Waals surface area contributed by atoms with Gasteiger partial charge in [0.25, 0.3) is 0 Å². The molecule has 14 heavy (non-hydrogen) atoms. The van der Waals surface area contributed by atoms with Crippen molar-refractivity contribution in [2.45, 2.75) is 6.54 Å². The summed E-state index contributed by atoms with van der Waals surface area (Å²) in [6, 6.07) is 0. The number of hydrogen-bond acceptors (Lipinski definition) is 4. The molecule has 0 bridgehead atoms. The zero-order valence-corrected chi connectivity index (χ0v) is 7.95. The average Bonchev–Trinajstić information content (AvgIpc) is 2.67. The van der Waals surface area contributed by atoms with E-state index in [2.05, 4.69) is 15.4 Å². The van der Waals surface area contributed by atoms with Gasteiger partial charge in [0.1, 0.15) is 12.0 Å². The fourth-order valence-electron chi connectivity index (χ4n) is 1.15. The Morgan fingerprint density at radius 2 is 2.21 bits per heavy atom. The Morgan fingerprint density at radius 3 is 2.71 bits per heavy atom. The fourth-order valence-corrected chi connectivity index (χ4v) is 1.15.